The van der Waals surface area contributed by atoms with E-state index in [2.05, 4.69) is 56.9 Å². The summed E-state index contributed by atoms with van der Waals surface area (Å²) in [7, 11) is 1.78. The number of nitrogens with zero attached hydrogens (tertiary/aromatic N) is 3. The summed E-state index contributed by atoms with van der Waals surface area (Å²) >= 11 is 0. The SMILES string of the molecule is CCc1cccc2c(CCNC(=NC)NC3CCN(c4ncccc4F)C3)c[nH]c12.I. The number of aliphatic imine (C=N–C) groups is 1. The summed E-state index contributed by atoms with van der Waals surface area (Å²) in [5.74, 6) is 0.929. The van der Waals surface area contributed by atoms with Crippen molar-refractivity contribution in [1.82, 2.24) is 20.6 Å². The Labute approximate surface area is 199 Å². The topological polar surface area (TPSA) is 68.3 Å². The number of anilines is 1. The standard InChI is InChI=1S/C23H29FN6.HI/c1-3-16-6-4-7-19-17(14-28-21(16)19)9-12-27-23(25-2)29-18-10-13-30(15-18)22-20(24)8-5-11-26-22;/h4-8,11,14,18,28H,3,9-10,12-13,15H2,1-2H3,(H2,25,27,29);1H. The molecule has 1 fully saturated rings. The molecule has 0 radical (unpaired) electrons. The molecule has 1 atom stereocenters. The Morgan fingerprint density at radius 2 is 2.16 bits per heavy atom. The Bertz CT molecular complexity index is 1030. The van der Waals surface area contributed by atoms with Gasteiger partial charge in [-0.1, -0.05) is 25.1 Å². The predicted molar refractivity (Wildman–Crippen MR) is 136 cm³/mol. The first-order chi connectivity index (χ1) is 14.7. The zero-order chi connectivity index (χ0) is 20.9. The molecule has 4 rings (SSSR count). The van der Waals surface area contributed by atoms with Gasteiger partial charge in [0.25, 0.3) is 0 Å². The smallest absolute Gasteiger partial charge is 0.191 e. The van der Waals surface area contributed by atoms with Gasteiger partial charge in [0.1, 0.15) is 0 Å². The summed E-state index contributed by atoms with van der Waals surface area (Å²) in [4.78, 5) is 13.9. The van der Waals surface area contributed by atoms with Crippen LogP contribution in [-0.4, -0.2) is 48.7 Å². The summed E-state index contributed by atoms with van der Waals surface area (Å²) < 4.78 is 14.0. The zero-order valence-electron chi connectivity index (χ0n) is 18.0. The highest BCUT2D eigenvalue weighted by Gasteiger charge is 2.25. The van der Waals surface area contributed by atoms with Crippen LogP contribution in [0.5, 0.6) is 0 Å². The van der Waals surface area contributed by atoms with E-state index in [0.29, 0.717) is 12.4 Å². The van der Waals surface area contributed by atoms with E-state index < -0.39 is 0 Å². The van der Waals surface area contributed by atoms with Crippen LogP contribution in [-0.2, 0) is 12.8 Å². The van der Waals surface area contributed by atoms with Crippen LogP contribution in [0.25, 0.3) is 10.9 Å². The number of aromatic amines is 1. The third kappa shape index (κ3) is 5.28. The molecule has 0 aliphatic carbocycles. The van der Waals surface area contributed by atoms with Gasteiger partial charge >= 0.3 is 0 Å². The van der Waals surface area contributed by atoms with Crippen molar-refractivity contribution in [2.75, 3.05) is 31.6 Å². The van der Waals surface area contributed by atoms with Crippen LogP contribution in [0.3, 0.4) is 0 Å². The first-order valence-corrected chi connectivity index (χ1v) is 10.6. The van der Waals surface area contributed by atoms with Gasteiger partial charge in [-0.2, -0.15) is 0 Å². The number of para-hydroxylation sites is 1. The number of benzene rings is 1. The Kier molecular flexibility index (Phi) is 8.11. The normalized spacial score (nSPS) is 16.4. The summed E-state index contributed by atoms with van der Waals surface area (Å²) in [6, 6.07) is 9.76. The molecule has 1 saturated heterocycles. The molecular weight excluding hydrogens is 506 g/mol. The Morgan fingerprint density at radius 1 is 1.29 bits per heavy atom. The maximum absolute atomic E-state index is 14.0. The van der Waals surface area contributed by atoms with E-state index in [4.69, 9.17) is 0 Å². The number of halogens is 2. The minimum Gasteiger partial charge on any atom is -0.361 e. The first kappa shape index (κ1) is 23.3. The van der Waals surface area contributed by atoms with Crippen LogP contribution >= 0.6 is 24.0 Å². The molecule has 31 heavy (non-hydrogen) atoms. The number of nitrogens with one attached hydrogen (secondary N) is 3. The van der Waals surface area contributed by atoms with Gasteiger partial charge in [-0.25, -0.2) is 9.37 Å². The Hall–Kier alpha value is -2.36. The van der Waals surface area contributed by atoms with Crippen LogP contribution in [0.2, 0.25) is 0 Å². The van der Waals surface area contributed by atoms with E-state index in [1.165, 1.54) is 28.1 Å². The van der Waals surface area contributed by atoms with Crippen molar-refractivity contribution in [1.29, 1.82) is 0 Å². The number of guanidine groups is 1. The molecule has 0 bridgehead atoms. The fourth-order valence-corrected chi connectivity index (χ4v) is 4.16. The van der Waals surface area contributed by atoms with E-state index in [1.54, 1.807) is 19.3 Å². The van der Waals surface area contributed by atoms with Gasteiger partial charge in [0.15, 0.2) is 17.6 Å². The summed E-state index contributed by atoms with van der Waals surface area (Å²) in [6.45, 7) is 4.45. The van der Waals surface area contributed by atoms with Gasteiger partial charge in [-0.05, 0) is 42.5 Å². The lowest BCUT2D eigenvalue weighted by atomic mass is 10.1. The van der Waals surface area contributed by atoms with E-state index in [1.807, 2.05) is 4.90 Å². The van der Waals surface area contributed by atoms with Crippen LogP contribution in [0, 0.1) is 5.82 Å². The minimum atomic E-state index is -0.273. The Balaban J connectivity index is 0.00000272. The summed E-state index contributed by atoms with van der Waals surface area (Å²) in [5.41, 5.74) is 3.89. The van der Waals surface area contributed by atoms with Crippen LogP contribution in [0.4, 0.5) is 10.2 Å². The van der Waals surface area contributed by atoms with E-state index in [-0.39, 0.29) is 35.8 Å². The fraction of sp³-hybridized carbons (Fsp3) is 0.391. The number of rotatable bonds is 6. The van der Waals surface area contributed by atoms with E-state index in [9.17, 15) is 4.39 Å². The highest BCUT2D eigenvalue weighted by atomic mass is 127. The van der Waals surface area contributed by atoms with Crippen molar-refractivity contribution >= 4 is 46.7 Å². The number of aryl methyl sites for hydroxylation is 1. The maximum Gasteiger partial charge on any atom is 0.191 e. The molecular formula is C23H30FIN6. The average Bonchev–Trinajstić information content (AvgIpc) is 3.40. The molecule has 0 saturated carbocycles. The van der Waals surface area contributed by atoms with Gasteiger partial charge in [-0.3, -0.25) is 4.99 Å². The third-order valence-electron chi connectivity index (χ3n) is 5.75. The second kappa shape index (κ2) is 10.8. The molecule has 1 aliphatic heterocycles. The summed E-state index contributed by atoms with van der Waals surface area (Å²) in [5, 5.41) is 8.16. The van der Waals surface area contributed by atoms with E-state index in [0.717, 1.165) is 38.3 Å². The zero-order valence-corrected chi connectivity index (χ0v) is 20.3. The highest BCUT2D eigenvalue weighted by Crippen LogP contribution is 2.23. The third-order valence-corrected chi connectivity index (χ3v) is 5.75. The molecule has 1 unspecified atom stereocenters. The van der Waals surface area contributed by atoms with Crippen molar-refractivity contribution in [3.63, 3.8) is 0 Å². The van der Waals surface area contributed by atoms with Crippen LogP contribution in [0.15, 0.2) is 47.7 Å². The Morgan fingerprint density at radius 3 is 2.94 bits per heavy atom. The molecule has 3 aromatic rings. The molecule has 1 aromatic carbocycles. The summed E-state index contributed by atoms with van der Waals surface area (Å²) in [6.07, 6.45) is 6.58. The van der Waals surface area contributed by atoms with Gasteiger partial charge in [0, 0.05) is 56.0 Å². The van der Waals surface area contributed by atoms with Crippen LogP contribution < -0.4 is 15.5 Å². The fourth-order valence-electron chi connectivity index (χ4n) is 4.16. The lowest BCUT2D eigenvalue weighted by molar-refractivity contribution is 0.612. The highest BCUT2D eigenvalue weighted by molar-refractivity contribution is 14.0. The van der Waals surface area contributed by atoms with Crippen molar-refractivity contribution < 1.29 is 4.39 Å². The number of hydrogen-bond donors (Lipinski definition) is 3. The molecule has 0 spiro atoms. The number of pyridine rings is 1. The largest absolute Gasteiger partial charge is 0.361 e. The average molecular weight is 536 g/mol. The lowest BCUT2D eigenvalue weighted by Gasteiger charge is -2.20. The molecule has 2 aromatic heterocycles. The molecule has 6 nitrogen and oxygen atoms in total. The van der Waals surface area contributed by atoms with Crippen molar-refractivity contribution in [2.24, 2.45) is 4.99 Å². The van der Waals surface area contributed by atoms with Gasteiger partial charge in [-0.15, -0.1) is 24.0 Å². The second-order valence-corrected chi connectivity index (χ2v) is 7.64. The number of fused-ring (bicyclic) bond motifs is 1. The number of hydrogen-bond acceptors (Lipinski definition) is 3. The predicted octanol–water partition coefficient (Wildman–Crippen LogP) is 3.87. The van der Waals surface area contributed by atoms with Crippen LogP contribution in [0.1, 0.15) is 24.5 Å². The van der Waals surface area contributed by atoms with Gasteiger partial charge in [0.05, 0.1) is 0 Å². The molecule has 3 N–H and O–H groups in total. The number of aromatic nitrogens is 2. The monoisotopic (exact) mass is 536 g/mol. The molecule has 1 aliphatic rings. The quantitative estimate of drug-likeness (QED) is 0.254. The van der Waals surface area contributed by atoms with Gasteiger partial charge < -0.3 is 20.5 Å². The first-order valence-electron chi connectivity index (χ1n) is 10.6. The minimum absolute atomic E-state index is 0. The maximum atomic E-state index is 14.0. The number of H-pyrrole nitrogens is 1. The van der Waals surface area contributed by atoms with Crippen molar-refractivity contribution in [2.45, 2.75) is 32.2 Å². The lowest BCUT2D eigenvalue weighted by Crippen LogP contribution is -2.45. The van der Waals surface area contributed by atoms with E-state index >= 15 is 0 Å². The molecule has 3 heterocycles. The molecule has 8 heteroatoms. The van der Waals surface area contributed by atoms with Crippen molar-refractivity contribution in [3.05, 3.63) is 59.7 Å². The van der Waals surface area contributed by atoms with Crippen molar-refractivity contribution in [3.8, 4) is 0 Å². The van der Waals surface area contributed by atoms with Gasteiger partial charge in [0.2, 0.25) is 0 Å². The molecule has 166 valence electrons. The molecule has 0 amide bonds. The second-order valence-electron chi connectivity index (χ2n) is 7.64.